The molecule has 0 aliphatic rings. The van der Waals surface area contributed by atoms with Crippen LogP contribution >= 0.6 is 0 Å². The van der Waals surface area contributed by atoms with Crippen LogP contribution in [0.15, 0.2) is 78.9 Å². The minimum Gasteiger partial charge on any atom is -0.457 e. The number of amides is 1. The maximum Gasteiger partial charge on any atom is 0.233 e. The molecule has 0 unspecified atom stereocenters. The molecular formula is C22H22N2O4S. The molecule has 0 aliphatic heterocycles. The molecule has 3 aromatic rings. The van der Waals surface area contributed by atoms with Crippen LogP contribution in [0.25, 0.3) is 0 Å². The number of benzene rings is 3. The largest absolute Gasteiger partial charge is 0.457 e. The molecule has 0 fully saturated rings. The number of ether oxygens (including phenoxy) is 1. The minimum atomic E-state index is -2.89. The topological polar surface area (TPSA) is 84.5 Å². The Morgan fingerprint density at radius 2 is 1.55 bits per heavy atom. The SMILES string of the molecule is O=C(CCc1ccc(NCc2cccc(Oc3ccccc3)c2)cc1)N[SH](=O)=O. The molecule has 150 valence electrons. The minimum absolute atomic E-state index is 0.129. The summed E-state index contributed by atoms with van der Waals surface area (Å²) in [5.41, 5.74) is 3.01. The van der Waals surface area contributed by atoms with Crippen LogP contribution in [0.3, 0.4) is 0 Å². The average Bonchev–Trinajstić information content (AvgIpc) is 2.72. The standard InChI is InChI=1S/C22H22N2O4S/c25-22(24-29(26)27)14-11-17-9-12-19(13-10-17)23-16-18-5-4-8-21(15-18)28-20-6-2-1-3-7-20/h1-10,12-13,15,23,29H,11,14,16H2,(H,24,25,26,27). The van der Waals surface area contributed by atoms with Gasteiger partial charge in [0.05, 0.1) is 0 Å². The lowest BCUT2D eigenvalue weighted by atomic mass is 10.1. The second kappa shape index (κ2) is 10.3. The number of carbonyl (C=O) groups excluding carboxylic acids is 1. The number of anilines is 1. The van der Waals surface area contributed by atoms with E-state index in [0.29, 0.717) is 13.0 Å². The number of hydrogen-bond acceptors (Lipinski definition) is 5. The van der Waals surface area contributed by atoms with Gasteiger partial charge < -0.3 is 10.1 Å². The number of rotatable bonds is 9. The summed E-state index contributed by atoms with van der Waals surface area (Å²) in [7, 11) is -2.89. The lowest BCUT2D eigenvalue weighted by Crippen LogP contribution is -2.21. The van der Waals surface area contributed by atoms with Gasteiger partial charge in [-0.1, -0.05) is 42.5 Å². The van der Waals surface area contributed by atoms with Gasteiger partial charge >= 0.3 is 0 Å². The van der Waals surface area contributed by atoms with E-state index in [0.717, 1.165) is 28.3 Å². The smallest absolute Gasteiger partial charge is 0.233 e. The molecule has 0 spiro atoms. The summed E-state index contributed by atoms with van der Waals surface area (Å²) in [6.45, 7) is 0.643. The summed E-state index contributed by atoms with van der Waals surface area (Å²) in [5, 5.41) is 3.36. The monoisotopic (exact) mass is 410 g/mol. The predicted octanol–water partition coefficient (Wildman–Crippen LogP) is 3.67. The highest BCUT2D eigenvalue weighted by atomic mass is 32.2. The van der Waals surface area contributed by atoms with E-state index in [-0.39, 0.29) is 6.42 Å². The van der Waals surface area contributed by atoms with E-state index in [9.17, 15) is 13.2 Å². The average molecular weight is 410 g/mol. The molecule has 0 saturated heterocycles. The van der Waals surface area contributed by atoms with Crippen LogP contribution in [0.4, 0.5) is 5.69 Å². The van der Waals surface area contributed by atoms with Crippen LogP contribution in [-0.2, 0) is 28.7 Å². The van der Waals surface area contributed by atoms with Gasteiger partial charge in [0.25, 0.3) is 0 Å². The van der Waals surface area contributed by atoms with Gasteiger partial charge in [0.2, 0.25) is 16.8 Å². The van der Waals surface area contributed by atoms with Crippen LogP contribution in [0.5, 0.6) is 11.5 Å². The van der Waals surface area contributed by atoms with E-state index < -0.39 is 16.8 Å². The summed E-state index contributed by atoms with van der Waals surface area (Å²) < 4.78 is 28.6. The van der Waals surface area contributed by atoms with Gasteiger partial charge in [-0.25, -0.2) is 8.42 Å². The third kappa shape index (κ3) is 6.97. The van der Waals surface area contributed by atoms with Gasteiger partial charge in [-0.2, -0.15) is 0 Å². The summed E-state index contributed by atoms with van der Waals surface area (Å²) in [6.07, 6.45) is 0.610. The van der Waals surface area contributed by atoms with Crippen LogP contribution in [0.1, 0.15) is 17.5 Å². The van der Waals surface area contributed by atoms with Crippen molar-refractivity contribution in [3.05, 3.63) is 90.0 Å². The number of nitrogens with one attached hydrogen (secondary N) is 2. The van der Waals surface area contributed by atoms with Gasteiger partial charge in [0.15, 0.2) is 0 Å². The van der Waals surface area contributed by atoms with Crippen molar-refractivity contribution in [3.63, 3.8) is 0 Å². The van der Waals surface area contributed by atoms with Crippen LogP contribution in [-0.4, -0.2) is 14.3 Å². The summed E-state index contributed by atoms with van der Waals surface area (Å²) in [5.74, 6) is 1.08. The summed E-state index contributed by atoms with van der Waals surface area (Å²) in [4.78, 5) is 11.4. The fourth-order valence-corrected chi connectivity index (χ4v) is 3.07. The third-order valence-electron chi connectivity index (χ3n) is 4.18. The number of aryl methyl sites for hydroxylation is 1. The van der Waals surface area contributed by atoms with Gasteiger partial charge in [0.1, 0.15) is 11.5 Å². The number of carbonyl (C=O) groups is 1. The first-order valence-electron chi connectivity index (χ1n) is 9.17. The van der Waals surface area contributed by atoms with Gasteiger partial charge in [-0.15, -0.1) is 0 Å². The Bertz CT molecular complexity index is 1010. The Balaban J connectivity index is 1.51. The molecule has 3 aromatic carbocycles. The van der Waals surface area contributed by atoms with Crippen molar-refractivity contribution in [2.75, 3.05) is 5.32 Å². The van der Waals surface area contributed by atoms with Crippen LogP contribution in [0.2, 0.25) is 0 Å². The highest BCUT2D eigenvalue weighted by molar-refractivity contribution is 7.71. The second-order valence-electron chi connectivity index (χ2n) is 6.41. The van der Waals surface area contributed by atoms with Gasteiger partial charge in [0, 0.05) is 18.7 Å². The van der Waals surface area contributed by atoms with E-state index in [2.05, 4.69) is 5.32 Å². The van der Waals surface area contributed by atoms with Crippen molar-refractivity contribution in [3.8, 4) is 11.5 Å². The van der Waals surface area contributed by atoms with Gasteiger partial charge in [-0.3, -0.25) is 9.52 Å². The molecule has 29 heavy (non-hydrogen) atoms. The van der Waals surface area contributed by atoms with Crippen molar-refractivity contribution in [1.29, 1.82) is 0 Å². The molecular weight excluding hydrogens is 388 g/mol. The number of para-hydroxylation sites is 1. The van der Waals surface area contributed by atoms with Gasteiger partial charge in [-0.05, 0) is 53.9 Å². The van der Waals surface area contributed by atoms with Crippen molar-refractivity contribution >= 4 is 22.5 Å². The fourth-order valence-electron chi connectivity index (χ4n) is 2.75. The lowest BCUT2D eigenvalue weighted by Gasteiger charge is -2.10. The number of hydrogen-bond donors (Lipinski definition) is 3. The molecule has 0 radical (unpaired) electrons. The first kappa shape index (κ1) is 20.4. The molecule has 0 saturated carbocycles. The molecule has 7 heteroatoms. The van der Waals surface area contributed by atoms with E-state index in [1.807, 2.05) is 83.6 Å². The maximum absolute atomic E-state index is 11.4. The van der Waals surface area contributed by atoms with E-state index in [1.165, 1.54) is 0 Å². The Morgan fingerprint density at radius 1 is 0.828 bits per heavy atom. The first-order valence-corrected chi connectivity index (χ1v) is 10.3. The molecule has 6 nitrogen and oxygen atoms in total. The molecule has 1 amide bonds. The molecule has 0 bridgehead atoms. The summed E-state index contributed by atoms with van der Waals surface area (Å²) >= 11 is 0. The van der Waals surface area contributed by atoms with E-state index in [4.69, 9.17) is 4.74 Å². The van der Waals surface area contributed by atoms with Crippen LogP contribution in [0, 0.1) is 0 Å². The quantitative estimate of drug-likeness (QED) is 0.469. The van der Waals surface area contributed by atoms with Crippen molar-refractivity contribution < 1.29 is 17.9 Å². The second-order valence-corrected chi connectivity index (χ2v) is 7.14. The maximum atomic E-state index is 11.4. The van der Waals surface area contributed by atoms with E-state index in [1.54, 1.807) is 0 Å². The zero-order valence-electron chi connectivity index (χ0n) is 15.7. The Morgan fingerprint density at radius 3 is 2.28 bits per heavy atom. The molecule has 0 atom stereocenters. The van der Waals surface area contributed by atoms with Crippen LogP contribution < -0.4 is 14.8 Å². The normalized spacial score (nSPS) is 10.5. The first-order chi connectivity index (χ1) is 14.1. The zero-order chi connectivity index (χ0) is 20.5. The molecule has 0 heterocycles. The Hall–Kier alpha value is -3.32. The number of thiol groups is 1. The zero-order valence-corrected chi connectivity index (χ0v) is 16.6. The van der Waals surface area contributed by atoms with Crippen molar-refractivity contribution in [1.82, 2.24) is 4.72 Å². The molecule has 0 aliphatic carbocycles. The third-order valence-corrected chi connectivity index (χ3v) is 4.62. The summed E-state index contributed by atoms with van der Waals surface area (Å²) in [6, 6.07) is 25.2. The Labute approximate surface area is 171 Å². The van der Waals surface area contributed by atoms with E-state index >= 15 is 0 Å². The highest BCUT2D eigenvalue weighted by Gasteiger charge is 2.03. The Kier molecular flexibility index (Phi) is 7.24. The molecule has 2 N–H and O–H groups in total. The predicted molar refractivity (Wildman–Crippen MR) is 114 cm³/mol. The molecule has 3 rings (SSSR count). The lowest BCUT2D eigenvalue weighted by molar-refractivity contribution is -0.119. The van der Waals surface area contributed by atoms with Crippen molar-refractivity contribution in [2.24, 2.45) is 0 Å². The fraction of sp³-hybridized carbons (Fsp3) is 0.136. The molecule has 0 aromatic heterocycles. The van der Waals surface area contributed by atoms with Crippen molar-refractivity contribution in [2.45, 2.75) is 19.4 Å². The highest BCUT2D eigenvalue weighted by Crippen LogP contribution is 2.22.